The number of amides is 1. The van der Waals surface area contributed by atoms with Crippen molar-refractivity contribution in [3.05, 3.63) is 74.0 Å². The highest BCUT2D eigenvalue weighted by Gasteiger charge is 2.66. The van der Waals surface area contributed by atoms with Gasteiger partial charge in [-0.3, -0.25) is 9.59 Å². The van der Waals surface area contributed by atoms with Crippen molar-refractivity contribution in [1.82, 2.24) is 25.3 Å². The smallest absolute Gasteiger partial charge is 0.464 e. The number of carbonyl (C=O) groups is 2. The molecule has 1 aliphatic rings. The van der Waals surface area contributed by atoms with Gasteiger partial charge in [0.15, 0.2) is 0 Å². The Kier molecular flexibility index (Phi) is 8.73. The van der Waals surface area contributed by atoms with Gasteiger partial charge in [0.25, 0.3) is 17.3 Å². The monoisotopic (exact) mass is 614 g/mol. The number of hydrogen-bond acceptors (Lipinski definition) is 6. The fraction of sp³-hybridized carbons (Fsp3) is 0.391. The van der Waals surface area contributed by atoms with Gasteiger partial charge >= 0.3 is 24.1 Å². The van der Waals surface area contributed by atoms with Gasteiger partial charge in [-0.2, -0.15) is 40.2 Å². The molecule has 0 radical (unpaired) electrons. The second-order valence-corrected chi connectivity index (χ2v) is 8.97. The van der Waals surface area contributed by atoms with Crippen LogP contribution in [0.4, 0.5) is 39.5 Å². The first-order valence-electron chi connectivity index (χ1n) is 11.6. The molecule has 0 unspecified atom stereocenters. The molecule has 10 nitrogen and oxygen atoms in total. The largest absolute Gasteiger partial charge is 0.542 e. The van der Waals surface area contributed by atoms with Gasteiger partial charge < -0.3 is 14.8 Å². The van der Waals surface area contributed by atoms with Crippen molar-refractivity contribution < 1.29 is 58.8 Å². The zero-order valence-corrected chi connectivity index (χ0v) is 21.4. The zero-order valence-electron chi connectivity index (χ0n) is 21.4. The number of aromatic amines is 2. The molecule has 19 heteroatoms. The van der Waals surface area contributed by atoms with Crippen LogP contribution in [0.2, 0.25) is 0 Å². The van der Waals surface area contributed by atoms with E-state index in [0.717, 1.165) is 11.0 Å². The maximum Gasteiger partial charge on any atom is 0.464 e. The van der Waals surface area contributed by atoms with Crippen LogP contribution in [0.25, 0.3) is 0 Å². The first-order chi connectivity index (χ1) is 19.3. The van der Waals surface area contributed by atoms with Gasteiger partial charge in [0, 0.05) is 17.1 Å². The number of benzene rings is 1. The molecule has 1 aliphatic heterocycles. The molecule has 0 aliphatic carbocycles. The van der Waals surface area contributed by atoms with Crippen LogP contribution in [0.15, 0.2) is 23.0 Å². The van der Waals surface area contributed by atoms with E-state index < -0.39 is 41.8 Å². The highest BCUT2D eigenvalue weighted by molar-refractivity contribution is 5.94. The van der Waals surface area contributed by atoms with Crippen molar-refractivity contribution in [3.8, 4) is 0 Å². The Bertz CT molecular complexity index is 1560. The van der Waals surface area contributed by atoms with E-state index in [1.165, 1.54) is 12.1 Å². The summed E-state index contributed by atoms with van der Waals surface area (Å²) >= 11 is 0. The summed E-state index contributed by atoms with van der Waals surface area (Å²) in [6.45, 7) is 2.35. The molecule has 2 N–H and O–H groups in total. The molecule has 2 aromatic heterocycles. The summed E-state index contributed by atoms with van der Waals surface area (Å²) in [6.07, 6.45) is -10.8. The molecule has 1 amide bonds. The summed E-state index contributed by atoms with van der Waals surface area (Å²) < 4.78 is 113. The molecule has 228 valence electrons. The van der Waals surface area contributed by atoms with Crippen LogP contribution in [0, 0.1) is 19.7 Å². The van der Waals surface area contributed by atoms with Crippen LogP contribution in [-0.4, -0.2) is 56.1 Å². The SMILES string of the molecule is Cc1c(Cc2ccc(F)c(C(=O)N3CC[n+]4c(C(F)(F)C(F)(F)F)n[nH]c4C3)c2)n[nH]c(=O)c1C.O=C([O-])C(F)(F)F. The number of carboxylic acids is 1. The van der Waals surface area contributed by atoms with E-state index in [-0.39, 0.29) is 43.0 Å². The first kappa shape index (κ1) is 32.1. The van der Waals surface area contributed by atoms with Gasteiger partial charge in [0.05, 0.1) is 24.3 Å². The zero-order chi connectivity index (χ0) is 31.8. The maximum atomic E-state index is 14.5. The number of carboxylic acid groups (broad SMARTS) is 1. The summed E-state index contributed by atoms with van der Waals surface area (Å²) in [7, 11) is 0. The van der Waals surface area contributed by atoms with Crippen LogP contribution < -0.4 is 15.2 Å². The fourth-order valence-corrected chi connectivity index (χ4v) is 3.80. The third-order valence-electron chi connectivity index (χ3n) is 6.22. The number of aromatic nitrogens is 5. The van der Waals surface area contributed by atoms with Crippen molar-refractivity contribution in [1.29, 1.82) is 0 Å². The molecular weight excluding hydrogens is 595 g/mol. The molecule has 3 heterocycles. The highest BCUT2D eigenvalue weighted by atomic mass is 19.4. The Hall–Kier alpha value is -4.45. The molecular formula is C23H19F9N6O4. The number of hydrogen-bond donors (Lipinski definition) is 2. The molecule has 1 aromatic carbocycles. The summed E-state index contributed by atoms with van der Waals surface area (Å²) in [5.74, 6) is -11.4. The second-order valence-electron chi connectivity index (χ2n) is 8.97. The van der Waals surface area contributed by atoms with Crippen LogP contribution in [-0.2, 0) is 30.2 Å². The van der Waals surface area contributed by atoms with Gasteiger partial charge in [0.2, 0.25) is 0 Å². The summed E-state index contributed by atoms with van der Waals surface area (Å²) in [5, 5.41) is 20.4. The van der Waals surface area contributed by atoms with Crippen LogP contribution >= 0.6 is 0 Å². The average Bonchev–Trinajstić information content (AvgIpc) is 3.33. The van der Waals surface area contributed by atoms with Gasteiger partial charge in [-0.15, -0.1) is 5.10 Å². The predicted molar refractivity (Wildman–Crippen MR) is 118 cm³/mol. The van der Waals surface area contributed by atoms with Gasteiger partial charge in [-0.25, -0.2) is 14.1 Å². The van der Waals surface area contributed by atoms with E-state index in [1.54, 1.807) is 13.8 Å². The number of nitrogens with one attached hydrogen (secondary N) is 2. The second kappa shape index (κ2) is 11.4. The molecule has 0 bridgehead atoms. The summed E-state index contributed by atoms with van der Waals surface area (Å²) in [4.78, 5) is 34.6. The lowest BCUT2D eigenvalue weighted by Crippen LogP contribution is -2.56. The number of fused-ring (bicyclic) bond motifs is 1. The minimum atomic E-state index is -5.84. The minimum absolute atomic E-state index is 0.149. The van der Waals surface area contributed by atoms with E-state index in [4.69, 9.17) is 9.90 Å². The maximum absolute atomic E-state index is 14.5. The van der Waals surface area contributed by atoms with Gasteiger partial charge in [-0.1, -0.05) is 6.07 Å². The Morgan fingerprint density at radius 1 is 1.02 bits per heavy atom. The Morgan fingerprint density at radius 3 is 2.21 bits per heavy atom. The number of halogens is 9. The predicted octanol–water partition coefficient (Wildman–Crippen LogP) is 1.74. The normalized spacial score (nSPS) is 13.7. The number of aliphatic carboxylic acids is 1. The van der Waals surface area contributed by atoms with E-state index in [2.05, 4.69) is 20.4 Å². The lowest BCUT2D eigenvalue weighted by atomic mass is 10.0. The molecule has 4 rings (SSSR count). The highest BCUT2D eigenvalue weighted by Crippen LogP contribution is 2.41. The topological polar surface area (TPSA) is 139 Å². The van der Waals surface area contributed by atoms with Crippen molar-refractivity contribution in [2.75, 3.05) is 6.54 Å². The molecule has 42 heavy (non-hydrogen) atoms. The van der Waals surface area contributed by atoms with Crippen LogP contribution in [0.1, 0.15) is 44.4 Å². The molecule has 0 atom stereocenters. The summed E-state index contributed by atoms with van der Waals surface area (Å²) in [5.41, 5.74) is 1.55. The van der Waals surface area contributed by atoms with E-state index >= 15 is 0 Å². The van der Waals surface area contributed by atoms with E-state index in [0.29, 0.717) is 27.0 Å². The quantitative estimate of drug-likeness (QED) is 0.339. The minimum Gasteiger partial charge on any atom is -0.542 e. The third-order valence-corrected chi connectivity index (χ3v) is 6.22. The molecule has 0 spiro atoms. The van der Waals surface area contributed by atoms with Crippen molar-refractivity contribution in [3.63, 3.8) is 0 Å². The van der Waals surface area contributed by atoms with Crippen LogP contribution in [0.5, 0.6) is 0 Å². The lowest BCUT2D eigenvalue weighted by molar-refractivity contribution is -0.727. The Morgan fingerprint density at radius 2 is 1.64 bits per heavy atom. The van der Waals surface area contributed by atoms with Gasteiger partial charge in [-0.05, 0) is 37.1 Å². The number of carbonyl (C=O) groups excluding carboxylic acids is 2. The van der Waals surface area contributed by atoms with E-state index in [9.17, 15) is 49.1 Å². The Balaban J connectivity index is 0.000000616. The molecule has 0 fully saturated rings. The number of alkyl halides is 8. The summed E-state index contributed by atoms with van der Waals surface area (Å²) in [6, 6.07) is 3.87. The first-order valence-corrected chi connectivity index (χ1v) is 11.6. The third kappa shape index (κ3) is 6.54. The number of rotatable bonds is 4. The molecule has 0 saturated carbocycles. The number of H-pyrrole nitrogens is 2. The van der Waals surface area contributed by atoms with Gasteiger partial charge in [0.1, 0.15) is 18.3 Å². The van der Waals surface area contributed by atoms with Crippen molar-refractivity contribution in [2.45, 2.75) is 51.6 Å². The van der Waals surface area contributed by atoms with Crippen molar-refractivity contribution >= 4 is 11.9 Å². The molecule has 0 saturated heterocycles. The fourth-order valence-electron chi connectivity index (χ4n) is 3.80. The Labute approximate surface area is 228 Å². The number of nitrogens with zero attached hydrogens (tertiary/aromatic N) is 4. The standard InChI is InChI=1S/C21H18F6N6O2.C2HF3O2/c1-10-11(2)17(34)30-28-15(10)8-12-3-4-14(22)13(7-12)18(35)32-5-6-33-16(9-32)29-31-19(33)20(23,24)21(25,26)27;3-2(4,5)1(6)7/h3-4,7H,5-6,8-9H2,1-2H3,(H,30,34);(H,6,7). The lowest BCUT2D eigenvalue weighted by Gasteiger charge is -2.26. The molecule has 3 aromatic rings. The van der Waals surface area contributed by atoms with E-state index in [1.807, 2.05) is 0 Å². The average molecular weight is 614 g/mol. The van der Waals surface area contributed by atoms with Crippen LogP contribution in [0.3, 0.4) is 0 Å². The van der Waals surface area contributed by atoms with Crippen molar-refractivity contribution in [2.24, 2.45) is 0 Å².